The van der Waals surface area contributed by atoms with E-state index in [9.17, 15) is 9.18 Å². The molecule has 0 unspecified atom stereocenters. The lowest BCUT2D eigenvalue weighted by Gasteiger charge is -2.02. The molecule has 0 saturated carbocycles. The van der Waals surface area contributed by atoms with Gasteiger partial charge in [-0.3, -0.25) is 0 Å². The molecular formula is C12H8BrFO3S. The molecule has 0 atom stereocenters. The third-order valence-electron chi connectivity index (χ3n) is 2.18. The SMILES string of the molecule is O=C(O)c1cc(SCc2ccc(Br)o2)ccc1F. The smallest absolute Gasteiger partial charge is 0.338 e. The molecule has 0 amide bonds. The second kappa shape index (κ2) is 5.58. The number of hydrogen-bond acceptors (Lipinski definition) is 3. The van der Waals surface area contributed by atoms with Crippen molar-refractivity contribution in [1.82, 2.24) is 0 Å². The van der Waals surface area contributed by atoms with Crippen molar-refractivity contribution < 1.29 is 18.7 Å². The average Bonchev–Trinajstić information content (AvgIpc) is 2.74. The van der Waals surface area contributed by atoms with Crippen LogP contribution in [0.25, 0.3) is 0 Å². The Morgan fingerprint density at radius 2 is 2.17 bits per heavy atom. The van der Waals surface area contributed by atoms with E-state index in [-0.39, 0.29) is 5.56 Å². The van der Waals surface area contributed by atoms with Crippen LogP contribution < -0.4 is 0 Å². The van der Waals surface area contributed by atoms with Crippen LogP contribution in [0.2, 0.25) is 0 Å². The molecule has 1 aromatic carbocycles. The summed E-state index contributed by atoms with van der Waals surface area (Å²) in [5.74, 6) is -0.688. The maximum absolute atomic E-state index is 13.2. The van der Waals surface area contributed by atoms with Crippen molar-refractivity contribution in [1.29, 1.82) is 0 Å². The first-order valence-electron chi connectivity index (χ1n) is 4.96. The zero-order valence-electron chi connectivity index (χ0n) is 9.02. The van der Waals surface area contributed by atoms with Crippen molar-refractivity contribution in [2.45, 2.75) is 10.6 Å². The quantitative estimate of drug-likeness (QED) is 0.854. The molecule has 0 bridgehead atoms. The lowest BCUT2D eigenvalue weighted by atomic mass is 10.2. The van der Waals surface area contributed by atoms with Gasteiger partial charge in [0.05, 0.1) is 11.3 Å². The highest BCUT2D eigenvalue weighted by Gasteiger charge is 2.11. The summed E-state index contributed by atoms with van der Waals surface area (Å²) in [6, 6.07) is 7.62. The number of rotatable bonds is 4. The molecule has 0 aliphatic carbocycles. The van der Waals surface area contributed by atoms with Gasteiger partial charge in [-0.25, -0.2) is 9.18 Å². The number of carbonyl (C=O) groups is 1. The molecule has 0 radical (unpaired) electrons. The molecule has 6 heteroatoms. The molecule has 0 aliphatic heterocycles. The summed E-state index contributed by atoms with van der Waals surface area (Å²) < 4.78 is 19.1. The van der Waals surface area contributed by atoms with Gasteiger partial charge in [0.25, 0.3) is 0 Å². The van der Waals surface area contributed by atoms with Crippen molar-refractivity contribution in [3.63, 3.8) is 0 Å². The van der Waals surface area contributed by atoms with E-state index >= 15 is 0 Å². The number of furan rings is 1. The molecule has 0 saturated heterocycles. The molecule has 1 aromatic heterocycles. The van der Waals surface area contributed by atoms with Crippen LogP contribution in [0.4, 0.5) is 4.39 Å². The van der Waals surface area contributed by atoms with E-state index in [4.69, 9.17) is 9.52 Å². The van der Waals surface area contributed by atoms with Gasteiger partial charge in [-0.05, 0) is 46.3 Å². The third kappa shape index (κ3) is 3.14. The Hall–Kier alpha value is -1.27. The van der Waals surface area contributed by atoms with E-state index in [0.29, 0.717) is 15.3 Å². The van der Waals surface area contributed by atoms with Gasteiger partial charge in [-0.2, -0.15) is 0 Å². The summed E-state index contributed by atoms with van der Waals surface area (Å²) in [6.07, 6.45) is 0. The number of carboxylic acids is 1. The highest BCUT2D eigenvalue weighted by Crippen LogP contribution is 2.26. The lowest BCUT2D eigenvalue weighted by Crippen LogP contribution is -2.00. The largest absolute Gasteiger partial charge is 0.478 e. The lowest BCUT2D eigenvalue weighted by molar-refractivity contribution is 0.0691. The van der Waals surface area contributed by atoms with Gasteiger partial charge in [0.15, 0.2) is 4.67 Å². The van der Waals surface area contributed by atoms with Crippen LogP contribution in [0.15, 0.2) is 44.3 Å². The van der Waals surface area contributed by atoms with Gasteiger partial charge in [0, 0.05) is 4.90 Å². The summed E-state index contributed by atoms with van der Waals surface area (Å²) in [5.41, 5.74) is -0.319. The Kier molecular flexibility index (Phi) is 4.08. The molecule has 0 fully saturated rings. The molecule has 0 aliphatic rings. The van der Waals surface area contributed by atoms with Gasteiger partial charge < -0.3 is 9.52 Å². The summed E-state index contributed by atoms with van der Waals surface area (Å²) >= 11 is 4.58. The normalized spacial score (nSPS) is 10.6. The van der Waals surface area contributed by atoms with Crippen molar-refractivity contribution in [3.05, 3.63) is 52.1 Å². The van der Waals surface area contributed by atoms with Crippen LogP contribution in [0.3, 0.4) is 0 Å². The Morgan fingerprint density at radius 3 is 2.78 bits per heavy atom. The fourth-order valence-electron chi connectivity index (χ4n) is 1.34. The standard InChI is InChI=1S/C12H8BrFO3S/c13-11-4-1-7(17-11)6-18-8-2-3-10(14)9(5-8)12(15)16/h1-5H,6H2,(H,15,16). The molecule has 2 rings (SSSR count). The highest BCUT2D eigenvalue weighted by atomic mass is 79.9. The fraction of sp³-hybridized carbons (Fsp3) is 0.0833. The van der Waals surface area contributed by atoms with E-state index < -0.39 is 11.8 Å². The van der Waals surface area contributed by atoms with Crippen molar-refractivity contribution in [3.8, 4) is 0 Å². The minimum absolute atomic E-state index is 0.319. The monoisotopic (exact) mass is 330 g/mol. The van der Waals surface area contributed by atoms with E-state index in [1.54, 1.807) is 12.1 Å². The summed E-state index contributed by atoms with van der Waals surface area (Å²) in [4.78, 5) is 11.5. The zero-order valence-corrected chi connectivity index (χ0v) is 11.4. The maximum atomic E-state index is 13.2. The number of thioether (sulfide) groups is 1. The van der Waals surface area contributed by atoms with E-state index in [1.165, 1.54) is 17.8 Å². The van der Waals surface area contributed by atoms with Gasteiger partial charge in [-0.1, -0.05) is 0 Å². The maximum Gasteiger partial charge on any atom is 0.338 e. The van der Waals surface area contributed by atoms with Crippen LogP contribution in [-0.2, 0) is 5.75 Å². The van der Waals surface area contributed by atoms with E-state index in [1.807, 2.05) is 6.07 Å². The van der Waals surface area contributed by atoms with Crippen molar-refractivity contribution in [2.24, 2.45) is 0 Å². The van der Waals surface area contributed by atoms with E-state index in [0.717, 1.165) is 11.8 Å². The van der Waals surface area contributed by atoms with Crippen LogP contribution in [0.5, 0.6) is 0 Å². The Balaban J connectivity index is 2.10. The molecule has 1 N–H and O–H groups in total. The Morgan fingerprint density at radius 1 is 1.39 bits per heavy atom. The Labute approximate surface area is 115 Å². The van der Waals surface area contributed by atoms with Crippen molar-refractivity contribution >= 4 is 33.7 Å². The first-order chi connectivity index (χ1) is 8.56. The zero-order chi connectivity index (χ0) is 13.1. The van der Waals surface area contributed by atoms with Gasteiger partial charge in [-0.15, -0.1) is 11.8 Å². The molecule has 18 heavy (non-hydrogen) atoms. The molecule has 0 spiro atoms. The average molecular weight is 331 g/mol. The number of hydrogen-bond donors (Lipinski definition) is 1. The fourth-order valence-corrected chi connectivity index (χ4v) is 2.51. The number of aromatic carboxylic acids is 1. The second-order valence-corrected chi connectivity index (χ2v) is 5.27. The van der Waals surface area contributed by atoms with Crippen LogP contribution in [-0.4, -0.2) is 11.1 Å². The summed E-state index contributed by atoms with van der Waals surface area (Å²) in [7, 11) is 0. The molecule has 3 nitrogen and oxygen atoms in total. The summed E-state index contributed by atoms with van der Waals surface area (Å²) in [6.45, 7) is 0. The molecular weight excluding hydrogens is 323 g/mol. The minimum Gasteiger partial charge on any atom is -0.478 e. The topological polar surface area (TPSA) is 50.4 Å². The molecule has 2 aromatic rings. The van der Waals surface area contributed by atoms with E-state index in [2.05, 4.69) is 15.9 Å². The number of benzene rings is 1. The van der Waals surface area contributed by atoms with Gasteiger partial charge in [0.2, 0.25) is 0 Å². The van der Waals surface area contributed by atoms with Crippen LogP contribution in [0, 0.1) is 5.82 Å². The predicted molar refractivity (Wildman–Crippen MR) is 69.3 cm³/mol. The van der Waals surface area contributed by atoms with Gasteiger partial charge in [0.1, 0.15) is 11.6 Å². The highest BCUT2D eigenvalue weighted by molar-refractivity contribution is 9.10. The minimum atomic E-state index is -1.27. The predicted octanol–water partition coefficient (Wildman–Crippen LogP) is 4.17. The van der Waals surface area contributed by atoms with Crippen LogP contribution in [0.1, 0.15) is 16.1 Å². The molecule has 94 valence electrons. The third-order valence-corrected chi connectivity index (χ3v) is 3.62. The first kappa shape index (κ1) is 13.2. The van der Waals surface area contributed by atoms with Crippen LogP contribution >= 0.6 is 27.7 Å². The first-order valence-corrected chi connectivity index (χ1v) is 6.74. The number of carboxylic acid groups (broad SMARTS) is 1. The summed E-state index contributed by atoms with van der Waals surface area (Å²) in [5, 5.41) is 8.80. The molecule has 1 heterocycles. The number of halogens is 2. The van der Waals surface area contributed by atoms with Crippen molar-refractivity contribution in [2.75, 3.05) is 0 Å². The van der Waals surface area contributed by atoms with Gasteiger partial charge >= 0.3 is 5.97 Å². The Bertz CT molecular complexity index is 582. The second-order valence-electron chi connectivity index (χ2n) is 3.44.